The molecule has 2 aliphatic rings. The lowest BCUT2D eigenvalue weighted by Crippen LogP contribution is -2.46. The summed E-state index contributed by atoms with van der Waals surface area (Å²) < 4.78 is 5.68. The minimum absolute atomic E-state index is 0.103. The van der Waals surface area contributed by atoms with Gasteiger partial charge in [0.05, 0.1) is 18.8 Å². The van der Waals surface area contributed by atoms with Crippen LogP contribution in [0.3, 0.4) is 0 Å². The molecule has 0 radical (unpaired) electrons. The molecule has 2 atom stereocenters. The molecule has 1 amide bonds. The Bertz CT molecular complexity index is 745. The monoisotopic (exact) mass is 375 g/mol. The van der Waals surface area contributed by atoms with Crippen molar-refractivity contribution >= 4 is 17.2 Å². The van der Waals surface area contributed by atoms with E-state index in [9.17, 15) is 4.79 Å². The fourth-order valence-electron chi connectivity index (χ4n) is 3.71. The Labute approximate surface area is 157 Å². The molecular weight excluding hydrogens is 350 g/mol. The fourth-order valence-corrected chi connectivity index (χ4v) is 4.57. The minimum Gasteiger partial charge on any atom is -0.376 e. The van der Waals surface area contributed by atoms with Crippen LogP contribution in [0.15, 0.2) is 17.5 Å². The van der Waals surface area contributed by atoms with E-state index in [0.29, 0.717) is 18.8 Å². The number of carbonyl (C=O) groups is 1. The third kappa shape index (κ3) is 3.68. The molecule has 0 bridgehead atoms. The Morgan fingerprint density at radius 2 is 2.50 bits per heavy atom. The summed E-state index contributed by atoms with van der Waals surface area (Å²) in [5, 5.41) is 15.8. The van der Waals surface area contributed by atoms with E-state index < -0.39 is 0 Å². The number of ether oxygens (including phenoxy) is 1. The molecule has 140 valence electrons. The van der Waals surface area contributed by atoms with Crippen LogP contribution in [0.5, 0.6) is 0 Å². The quantitative estimate of drug-likeness (QED) is 0.734. The first-order valence-electron chi connectivity index (χ1n) is 9.16. The zero-order chi connectivity index (χ0) is 17.9. The fraction of sp³-hybridized carbons (Fsp3) is 0.556. The number of morpholine rings is 1. The first-order valence-corrected chi connectivity index (χ1v) is 10.0. The number of nitrogens with zero attached hydrogens (tertiary/aromatic N) is 2. The SMILES string of the molecule is CC1CN(C(CNC(=O)c2n[nH]c3c2CNCC3)c2cccs2)CCO1. The van der Waals surface area contributed by atoms with Crippen molar-refractivity contribution in [2.45, 2.75) is 32.0 Å². The maximum absolute atomic E-state index is 12.7. The third-order valence-corrected chi connectivity index (χ3v) is 6.04. The van der Waals surface area contributed by atoms with Crippen LogP contribution in [0.4, 0.5) is 0 Å². The minimum atomic E-state index is -0.103. The number of hydrogen-bond acceptors (Lipinski definition) is 6. The number of carbonyl (C=O) groups excluding carboxylic acids is 1. The van der Waals surface area contributed by atoms with Crippen molar-refractivity contribution in [2.75, 3.05) is 32.8 Å². The maximum atomic E-state index is 12.7. The summed E-state index contributed by atoms with van der Waals surface area (Å²) >= 11 is 1.73. The Morgan fingerprint density at radius 3 is 3.31 bits per heavy atom. The topological polar surface area (TPSA) is 82.3 Å². The second-order valence-electron chi connectivity index (χ2n) is 6.87. The number of fused-ring (bicyclic) bond motifs is 1. The standard InChI is InChI=1S/C18H25N5O2S/c1-12-11-23(6-7-25-12)15(16-3-2-8-26-16)10-20-18(24)17-13-9-19-5-4-14(13)21-22-17/h2-3,8,12,15,19H,4-7,9-11H2,1H3,(H,20,24)(H,21,22). The van der Waals surface area contributed by atoms with Crippen molar-refractivity contribution in [3.8, 4) is 0 Å². The van der Waals surface area contributed by atoms with Crippen LogP contribution in [0.2, 0.25) is 0 Å². The van der Waals surface area contributed by atoms with Gasteiger partial charge in [-0.3, -0.25) is 14.8 Å². The summed E-state index contributed by atoms with van der Waals surface area (Å²) in [5.41, 5.74) is 2.60. The Morgan fingerprint density at radius 1 is 1.58 bits per heavy atom. The van der Waals surface area contributed by atoms with Gasteiger partial charge in [-0.25, -0.2) is 0 Å². The molecule has 2 unspecified atom stereocenters. The van der Waals surface area contributed by atoms with Gasteiger partial charge in [-0.2, -0.15) is 5.10 Å². The van der Waals surface area contributed by atoms with Gasteiger partial charge in [0.15, 0.2) is 5.69 Å². The van der Waals surface area contributed by atoms with E-state index >= 15 is 0 Å². The smallest absolute Gasteiger partial charge is 0.272 e. The van der Waals surface area contributed by atoms with Gasteiger partial charge in [0.25, 0.3) is 5.91 Å². The molecule has 0 spiro atoms. The molecular formula is C18H25N5O2S. The maximum Gasteiger partial charge on any atom is 0.272 e. The van der Waals surface area contributed by atoms with Gasteiger partial charge >= 0.3 is 0 Å². The van der Waals surface area contributed by atoms with Gasteiger partial charge < -0.3 is 15.4 Å². The molecule has 3 N–H and O–H groups in total. The van der Waals surface area contributed by atoms with Crippen LogP contribution in [-0.2, 0) is 17.7 Å². The molecule has 4 rings (SSSR count). The average molecular weight is 375 g/mol. The highest BCUT2D eigenvalue weighted by molar-refractivity contribution is 7.10. The number of hydrogen-bond donors (Lipinski definition) is 3. The molecule has 0 saturated carbocycles. The summed E-state index contributed by atoms with van der Waals surface area (Å²) in [5.74, 6) is -0.103. The summed E-state index contributed by atoms with van der Waals surface area (Å²) in [4.78, 5) is 16.4. The van der Waals surface area contributed by atoms with Crippen molar-refractivity contribution in [3.05, 3.63) is 39.3 Å². The molecule has 2 aliphatic heterocycles. The van der Waals surface area contributed by atoms with E-state index in [1.54, 1.807) is 11.3 Å². The van der Waals surface area contributed by atoms with E-state index in [1.807, 2.05) is 0 Å². The highest BCUT2D eigenvalue weighted by Crippen LogP contribution is 2.26. The normalized spacial score (nSPS) is 22.0. The number of nitrogens with one attached hydrogen (secondary N) is 3. The Hall–Kier alpha value is -1.74. The molecule has 7 nitrogen and oxygen atoms in total. The van der Waals surface area contributed by atoms with E-state index in [0.717, 1.165) is 43.9 Å². The highest BCUT2D eigenvalue weighted by atomic mass is 32.1. The second-order valence-corrected chi connectivity index (χ2v) is 7.85. The van der Waals surface area contributed by atoms with Crippen LogP contribution >= 0.6 is 11.3 Å². The van der Waals surface area contributed by atoms with Crippen molar-refractivity contribution in [1.82, 2.24) is 25.7 Å². The van der Waals surface area contributed by atoms with Crippen LogP contribution in [0, 0.1) is 0 Å². The van der Waals surface area contributed by atoms with E-state index in [2.05, 4.69) is 50.2 Å². The lowest BCUT2D eigenvalue weighted by atomic mass is 10.1. The molecule has 2 aromatic rings. The van der Waals surface area contributed by atoms with Crippen LogP contribution in [0.25, 0.3) is 0 Å². The van der Waals surface area contributed by atoms with Gasteiger partial charge in [0.2, 0.25) is 0 Å². The molecule has 0 aliphatic carbocycles. The Kier molecular flexibility index (Phi) is 5.35. The van der Waals surface area contributed by atoms with Crippen molar-refractivity contribution in [3.63, 3.8) is 0 Å². The number of H-pyrrole nitrogens is 1. The molecule has 2 aromatic heterocycles. The summed E-state index contributed by atoms with van der Waals surface area (Å²) in [6.45, 7) is 6.77. The molecule has 1 fully saturated rings. The number of aromatic amines is 1. The van der Waals surface area contributed by atoms with Gasteiger partial charge in [-0.1, -0.05) is 6.07 Å². The molecule has 1 saturated heterocycles. The largest absolute Gasteiger partial charge is 0.376 e. The zero-order valence-corrected chi connectivity index (χ0v) is 15.8. The molecule has 4 heterocycles. The van der Waals surface area contributed by atoms with Gasteiger partial charge in [-0.15, -0.1) is 11.3 Å². The number of aromatic nitrogens is 2. The molecule has 0 aromatic carbocycles. The van der Waals surface area contributed by atoms with Gasteiger partial charge in [-0.05, 0) is 18.4 Å². The number of amides is 1. The van der Waals surface area contributed by atoms with Gasteiger partial charge in [0.1, 0.15) is 0 Å². The second kappa shape index (κ2) is 7.87. The summed E-state index contributed by atoms with van der Waals surface area (Å²) in [6.07, 6.45) is 1.10. The summed E-state index contributed by atoms with van der Waals surface area (Å²) in [6, 6.07) is 4.37. The van der Waals surface area contributed by atoms with Crippen molar-refractivity contribution in [1.29, 1.82) is 0 Å². The van der Waals surface area contributed by atoms with Crippen LogP contribution in [-0.4, -0.2) is 59.9 Å². The Balaban J connectivity index is 1.46. The highest BCUT2D eigenvalue weighted by Gasteiger charge is 2.28. The van der Waals surface area contributed by atoms with E-state index in [1.165, 1.54) is 4.88 Å². The third-order valence-electron chi connectivity index (χ3n) is 5.06. The van der Waals surface area contributed by atoms with E-state index in [-0.39, 0.29) is 18.1 Å². The predicted molar refractivity (Wildman–Crippen MR) is 100 cm³/mol. The van der Waals surface area contributed by atoms with Crippen LogP contribution in [0.1, 0.15) is 39.6 Å². The number of rotatable bonds is 5. The van der Waals surface area contributed by atoms with Crippen molar-refractivity contribution < 1.29 is 9.53 Å². The van der Waals surface area contributed by atoms with Crippen LogP contribution < -0.4 is 10.6 Å². The predicted octanol–water partition coefficient (Wildman–Crippen LogP) is 1.31. The van der Waals surface area contributed by atoms with Gasteiger partial charge in [0, 0.05) is 55.3 Å². The molecule has 8 heteroatoms. The lowest BCUT2D eigenvalue weighted by molar-refractivity contribution is -0.0336. The van der Waals surface area contributed by atoms with Crippen molar-refractivity contribution in [2.24, 2.45) is 0 Å². The number of thiophene rings is 1. The summed E-state index contributed by atoms with van der Waals surface area (Å²) in [7, 11) is 0. The average Bonchev–Trinajstić information content (AvgIpc) is 3.32. The molecule has 26 heavy (non-hydrogen) atoms. The zero-order valence-electron chi connectivity index (χ0n) is 15.0. The first-order chi connectivity index (χ1) is 12.7. The van der Waals surface area contributed by atoms with E-state index in [4.69, 9.17) is 4.74 Å². The first kappa shape index (κ1) is 17.7. The lowest BCUT2D eigenvalue weighted by Gasteiger charge is -2.37.